The molecule has 0 radical (unpaired) electrons. The number of nitrogens with two attached hydrogens (primary N) is 2. The van der Waals surface area contributed by atoms with Crippen LogP contribution in [-0.2, 0) is 24.0 Å². The summed E-state index contributed by atoms with van der Waals surface area (Å²) < 4.78 is 0. The lowest BCUT2D eigenvalue weighted by Crippen LogP contribution is -2.57. The highest BCUT2D eigenvalue weighted by Gasteiger charge is 2.32. The third kappa shape index (κ3) is 8.11. The Labute approximate surface area is 144 Å². The molecule has 4 unspecified atom stereocenters. The number of carbonyl (C=O) groups is 5. The molecule has 0 aromatic carbocycles. The Morgan fingerprint density at radius 2 is 1.56 bits per heavy atom. The number of nitrogens with one attached hydrogen (secondary N) is 2. The smallest absolute Gasteiger partial charge is 0.326 e. The van der Waals surface area contributed by atoms with Crippen molar-refractivity contribution < 1.29 is 34.2 Å². The molecule has 0 spiro atoms. The molecule has 0 saturated heterocycles. The lowest BCUT2D eigenvalue weighted by Gasteiger charge is -2.26. The SMILES string of the molecule is CCC(C)C(NC(=O)C(N)CC(N)=O)C(=O)NC(CC(=O)O)C(=O)O. The maximum Gasteiger partial charge on any atom is 0.326 e. The van der Waals surface area contributed by atoms with Crippen molar-refractivity contribution in [2.24, 2.45) is 17.4 Å². The third-order valence-electron chi connectivity index (χ3n) is 3.54. The fraction of sp³-hybridized carbons (Fsp3) is 0.643. The van der Waals surface area contributed by atoms with Gasteiger partial charge in [-0.1, -0.05) is 20.3 Å². The first-order chi connectivity index (χ1) is 11.5. The molecule has 0 saturated carbocycles. The van der Waals surface area contributed by atoms with Gasteiger partial charge in [-0.15, -0.1) is 0 Å². The van der Waals surface area contributed by atoms with Gasteiger partial charge in [0, 0.05) is 0 Å². The predicted molar refractivity (Wildman–Crippen MR) is 85.0 cm³/mol. The van der Waals surface area contributed by atoms with E-state index in [2.05, 4.69) is 10.6 Å². The van der Waals surface area contributed by atoms with Crippen molar-refractivity contribution in [3.63, 3.8) is 0 Å². The average molecular weight is 360 g/mol. The van der Waals surface area contributed by atoms with Crippen molar-refractivity contribution in [2.45, 2.75) is 51.2 Å². The van der Waals surface area contributed by atoms with Crippen LogP contribution >= 0.6 is 0 Å². The highest BCUT2D eigenvalue weighted by atomic mass is 16.4. The van der Waals surface area contributed by atoms with E-state index in [-0.39, 0.29) is 0 Å². The normalized spacial score (nSPS) is 15.3. The van der Waals surface area contributed by atoms with Crippen LogP contribution in [0.15, 0.2) is 0 Å². The lowest BCUT2D eigenvalue weighted by molar-refractivity contribution is -0.147. The van der Waals surface area contributed by atoms with E-state index in [1.807, 2.05) is 0 Å². The number of amides is 3. The van der Waals surface area contributed by atoms with Crippen molar-refractivity contribution in [1.82, 2.24) is 10.6 Å². The number of carbonyl (C=O) groups excluding carboxylic acids is 3. The second-order valence-corrected chi connectivity index (χ2v) is 5.65. The lowest BCUT2D eigenvalue weighted by atomic mass is 9.97. The van der Waals surface area contributed by atoms with Gasteiger partial charge in [0.15, 0.2) is 0 Å². The molecule has 4 atom stereocenters. The summed E-state index contributed by atoms with van der Waals surface area (Å²) in [6.45, 7) is 3.38. The zero-order valence-electron chi connectivity index (χ0n) is 14.0. The summed E-state index contributed by atoms with van der Waals surface area (Å²) in [5, 5.41) is 22.1. The number of carboxylic acid groups (broad SMARTS) is 2. The third-order valence-corrected chi connectivity index (χ3v) is 3.54. The molecule has 11 heteroatoms. The molecule has 0 aromatic heterocycles. The van der Waals surface area contributed by atoms with E-state index >= 15 is 0 Å². The van der Waals surface area contributed by atoms with Crippen molar-refractivity contribution >= 4 is 29.7 Å². The molecule has 0 fully saturated rings. The van der Waals surface area contributed by atoms with Crippen LogP contribution in [0.5, 0.6) is 0 Å². The fourth-order valence-corrected chi connectivity index (χ4v) is 1.91. The first-order valence-corrected chi connectivity index (χ1v) is 7.58. The quantitative estimate of drug-likeness (QED) is 0.237. The van der Waals surface area contributed by atoms with Crippen LogP contribution in [0, 0.1) is 5.92 Å². The molecule has 8 N–H and O–H groups in total. The Morgan fingerprint density at radius 1 is 1.00 bits per heavy atom. The molecule has 3 amide bonds. The number of rotatable bonds is 11. The second-order valence-electron chi connectivity index (χ2n) is 5.65. The largest absolute Gasteiger partial charge is 0.481 e. The summed E-state index contributed by atoms with van der Waals surface area (Å²) >= 11 is 0. The van der Waals surface area contributed by atoms with Gasteiger partial charge in [-0.2, -0.15) is 0 Å². The van der Waals surface area contributed by atoms with E-state index < -0.39 is 66.5 Å². The van der Waals surface area contributed by atoms with Gasteiger partial charge in [0.1, 0.15) is 12.1 Å². The van der Waals surface area contributed by atoms with Crippen LogP contribution < -0.4 is 22.1 Å². The standard InChI is InChI=1S/C14H24N4O7/c1-3-6(2)11(18-12(22)7(15)4-9(16)19)13(23)17-8(14(24)25)5-10(20)21/h6-8,11H,3-5,15H2,1-2H3,(H2,16,19)(H,17,23)(H,18,22)(H,20,21)(H,24,25). The molecule has 0 bridgehead atoms. The van der Waals surface area contributed by atoms with Crippen molar-refractivity contribution in [3.8, 4) is 0 Å². The summed E-state index contributed by atoms with van der Waals surface area (Å²) in [6.07, 6.45) is -0.777. The molecule has 142 valence electrons. The number of hydrogen-bond acceptors (Lipinski definition) is 6. The number of hydrogen-bond donors (Lipinski definition) is 6. The summed E-state index contributed by atoms with van der Waals surface area (Å²) in [4.78, 5) is 56.8. The van der Waals surface area contributed by atoms with Gasteiger partial charge in [0.2, 0.25) is 17.7 Å². The number of primary amides is 1. The zero-order chi connectivity index (χ0) is 19.7. The monoisotopic (exact) mass is 360 g/mol. The maximum absolute atomic E-state index is 12.3. The minimum Gasteiger partial charge on any atom is -0.481 e. The molecule has 0 rings (SSSR count). The Balaban J connectivity index is 5.15. The van der Waals surface area contributed by atoms with Gasteiger partial charge < -0.3 is 32.3 Å². The summed E-state index contributed by atoms with van der Waals surface area (Å²) in [7, 11) is 0. The maximum atomic E-state index is 12.3. The van der Waals surface area contributed by atoms with Gasteiger partial charge in [-0.25, -0.2) is 4.79 Å². The predicted octanol–water partition coefficient (Wildman–Crippen LogP) is -2.24. The second kappa shape index (κ2) is 10.2. The van der Waals surface area contributed by atoms with Crippen LogP contribution in [0.1, 0.15) is 33.1 Å². The van der Waals surface area contributed by atoms with Gasteiger partial charge in [-0.3, -0.25) is 19.2 Å². The molecular formula is C14H24N4O7. The summed E-state index contributed by atoms with van der Waals surface area (Å²) in [6, 6.07) is -4.05. The van der Waals surface area contributed by atoms with Crippen molar-refractivity contribution in [2.75, 3.05) is 0 Å². The van der Waals surface area contributed by atoms with Crippen LogP contribution in [0.3, 0.4) is 0 Å². The van der Waals surface area contributed by atoms with Crippen molar-refractivity contribution in [1.29, 1.82) is 0 Å². The Kier molecular flexibility index (Phi) is 9.13. The molecule has 0 aliphatic heterocycles. The van der Waals surface area contributed by atoms with E-state index in [4.69, 9.17) is 21.7 Å². The van der Waals surface area contributed by atoms with E-state index in [0.29, 0.717) is 6.42 Å². The Hall–Kier alpha value is -2.69. The average Bonchev–Trinajstić information content (AvgIpc) is 2.49. The summed E-state index contributed by atoms with van der Waals surface area (Å²) in [5.41, 5.74) is 10.5. The van der Waals surface area contributed by atoms with Gasteiger partial charge in [0.05, 0.1) is 18.9 Å². The first kappa shape index (κ1) is 22.3. The molecule has 0 aliphatic rings. The summed E-state index contributed by atoms with van der Waals surface area (Å²) in [5.74, 6) is -5.77. The van der Waals surface area contributed by atoms with Gasteiger partial charge in [-0.05, 0) is 5.92 Å². The molecule has 0 heterocycles. The molecule has 0 aliphatic carbocycles. The van der Waals surface area contributed by atoms with Crippen LogP contribution in [0.2, 0.25) is 0 Å². The highest BCUT2D eigenvalue weighted by molar-refractivity contribution is 5.94. The van der Waals surface area contributed by atoms with Crippen molar-refractivity contribution in [3.05, 3.63) is 0 Å². The minimum atomic E-state index is -1.65. The first-order valence-electron chi connectivity index (χ1n) is 7.58. The Morgan fingerprint density at radius 3 is 1.96 bits per heavy atom. The van der Waals surface area contributed by atoms with Crippen LogP contribution in [0.25, 0.3) is 0 Å². The van der Waals surface area contributed by atoms with E-state index in [1.54, 1.807) is 13.8 Å². The molecule has 11 nitrogen and oxygen atoms in total. The molecule has 25 heavy (non-hydrogen) atoms. The zero-order valence-corrected chi connectivity index (χ0v) is 14.0. The van der Waals surface area contributed by atoms with Gasteiger partial charge in [0.25, 0.3) is 0 Å². The fourth-order valence-electron chi connectivity index (χ4n) is 1.91. The number of carboxylic acids is 2. The Bertz CT molecular complexity index is 537. The number of aliphatic carboxylic acids is 2. The van der Waals surface area contributed by atoms with E-state index in [0.717, 1.165) is 0 Å². The van der Waals surface area contributed by atoms with E-state index in [9.17, 15) is 24.0 Å². The van der Waals surface area contributed by atoms with E-state index in [1.165, 1.54) is 0 Å². The molecule has 0 aromatic rings. The van der Waals surface area contributed by atoms with Crippen LogP contribution in [-0.4, -0.2) is 58.0 Å². The topological polar surface area (TPSA) is 202 Å². The van der Waals surface area contributed by atoms with Crippen LogP contribution in [0.4, 0.5) is 0 Å². The van der Waals surface area contributed by atoms with Gasteiger partial charge >= 0.3 is 11.9 Å². The molecular weight excluding hydrogens is 336 g/mol. The minimum absolute atomic E-state index is 0.399. The highest BCUT2D eigenvalue weighted by Crippen LogP contribution is 2.09.